The lowest BCUT2D eigenvalue weighted by atomic mass is 10.1. The van der Waals surface area contributed by atoms with Crippen molar-refractivity contribution < 1.29 is 23.5 Å². The van der Waals surface area contributed by atoms with E-state index in [1.54, 1.807) is 37.3 Å². The maximum atomic E-state index is 13.6. The molecule has 0 radical (unpaired) electrons. The first kappa shape index (κ1) is 18.6. The monoisotopic (exact) mass is 370 g/mol. The zero-order chi connectivity index (χ0) is 19.4. The summed E-state index contributed by atoms with van der Waals surface area (Å²) in [6, 6.07) is 12.4. The van der Waals surface area contributed by atoms with Gasteiger partial charge in [0.2, 0.25) is 5.91 Å². The Morgan fingerprint density at radius 2 is 1.89 bits per heavy atom. The average Bonchev–Trinajstić information content (AvgIpc) is 2.76. The van der Waals surface area contributed by atoms with Crippen LogP contribution in [0.4, 0.5) is 15.8 Å². The van der Waals surface area contributed by atoms with Gasteiger partial charge in [-0.2, -0.15) is 0 Å². The molecule has 0 aliphatic carbocycles. The fourth-order valence-corrected chi connectivity index (χ4v) is 3.03. The predicted molar refractivity (Wildman–Crippen MR) is 97.7 cm³/mol. The molecule has 0 unspecified atom stereocenters. The molecule has 1 N–H and O–H groups in total. The number of esters is 1. The molecule has 1 heterocycles. The van der Waals surface area contributed by atoms with Crippen LogP contribution < -0.4 is 10.2 Å². The SMILES string of the molecule is C[C@H]1CC(=O)Nc2ccccc2N1C(=O)COC(=O)Cc1ccccc1F. The molecule has 1 aliphatic rings. The first-order valence-corrected chi connectivity index (χ1v) is 8.55. The number of hydrogen-bond acceptors (Lipinski definition) is 4. The van der Waals surface area contributed by atoms with Crippen molar-refractivity contribution >= 4 is 29.2 Å². The summed E-state index contributed by atoms with van der Waals surface area (Å²) in [7, 11) is 0. The van der Waals surface area contributed by atoms with Crippen LogP contribution in [0.1, 0.15) is 18.9 Å². The normalized spacial score (nSPS) is 16.1. The summed E-state index contributed by atoms with van der Waals surface area (Å²) in [5, 5.41) is 2.76. The molecule has 1 aliphatic heterocycles. The van der Waals surface area contributed by atoms with Gasteiger partial charge in [-0.3, -0.25) is 14.4 Å². The van der Waals surface area contributed by atoms with Gasteiger partial charge in [0.25, 0.3) is 5.91 Å². The van der Waals surface area contributed by atoms with Gasteiger partial charge in [-0.25, -0.2) is 4.39 Å². The van der Waals surface area contributed by atoms with Crippen molar-refractivity contribution in [3.05, 3.63) is 59.9 Å². The molecule has 7 heteroatoms. The van der Waals surface area contributed by atoms with Gasteiger partial charge in [0.05, 0.1) is 17.8 Å². The van der Waals surface area contributed by atoms with E-state index in [-0.39, 0.29) is 24.3 Å². The van der Waals surface area contributed by atoms with Crippen LogP contribution in [-0.2, 0) is 25.5 Å². The van der Waals surface area contributed by atoms with Gasteiger partial charge in [-0.1, -0.05) is 30.3 Å². The number of anilines is 2. The molecule has 0 aromatic heterocycles. The van der Waals surface area contributed by atoms with Gasteiger partial charge < -0.3 is 15.0 Å². The molecule has 0 bridgehead atoms. The smallest absolute Gasteiger partial charge is 0.310 e. The van der Waals surface area contributed by atoms with Crippen LogP contribution in [-0.4, -0.2) is 30.4 Å². The number of carbonyl (C=O) groups excluding carboxylic acids is 3. The minimum Gasteiger partial charge on any atom is -0.455 e. The number of ether oxygens (including phenoxy) is 1. The van der Waals surface area contributed by atoms with Crippen molar-refractivity contribution in [3.8, 4) is 0 Å². The molecule has 0 saturated heterocycles. The second kappa shape index (κ2) is 7.99. The molecule has 140 valence electrons. The van der Waals surface area contributed by atoms with Gasteiger partial charge in [0, 0.05) is 12.5 Å². The van der Waals surface area contributed by atoms with E-state index < -0.39 is 30.3 Å². The Labute approximate surface area is 155 Å². The van der Waals surface area contributed by atoms with E-state index in [1.165, 1.54) is 23.1 Å². The maximum Gasteiger partial charge on any atom is 0.310 e. The third kappa shape index (κ3) is 4.31. The molecule has 0 fully saturated rings. The molecular formula is C20H19FN2O4. The summed E-state index contributed by atoms with van der Waals surface area (Å²) >= 11 is 0. The molecule has 2 aromatic rings. The molecule has 2 aromatic carbocycles. The van der Waals surface area contributed by atoms with Gasteiger partial charge in [-0.15, -0.1) is 0 Å². The predicted octanol–water partition coefficient (Wildman–Crippen LogP) is 2.68. The maximum absolute atomic E-state index is 13.6. The van der Waals surface area contributed by atoms with Crippen LogP contribution in [0.3, 0.4) is 0 Å². The van der Waals surface area contributed by atoms with E-state index in [0.29, 0.717) is 11.4 Å². The summed E-state index contributed by atoms with van der Waals surface area (Å²) in [4.78, 5) is 38.1. The van der Waals surface area contributed by atoms with Crippen molar-refractivity contribution in [1.29, 1.82) is 0 Å². The van der Waals surface area contributed by atoms with Gasteiger partial charge in [0.1, 0.15) is 5.82 Å². The van der Waals surface area contributed by atoms with Crippen LogP contribution in [0.15, 0.2) is 48.5 Å². The van der Waals surface area contributed by atoms with Crippen LogP contribution in [0, 0.1) is 5.82 Å². The van der Waals surface area contributed by atoms with Crippen molar-refractivity contribution in [2.45, 2.75) is 25.8 Å². The summed E-state index contributed by atoms with van der Waals surface area (Å²) in [5.41, 5.74) is 1.28. The van der Waals surface area contributed by atoms with E-state index in [9.17, 15) is 18.8 Å². The zero-order valence-electron chi connectivity index (χ0n) is 14.8. The lowest BCUT2D eigenvalue weighted by Gasteiger charge is -2.27. The Bertz CT molecular complexity index is 884. The largest absolute Gasteiger partial charge is 0.455 e. The zero-order valence-corrected chi connectivity index (χ0v) is 14.8. The number of nitrogens with zero attached hydrogens (tertiary/aromatic N) is 1. The minimum atomic E-state index is -0.696. The fraction of sp³-hybridized carbons (Fsp3) is 0.250. The van der Waals surface area contributed by atoms with E-state index in [4.69, 9.17) is 4.74 Å². The molecule has 0 spiro atoms. The summed E-state index contributed by atoms with van der Waals surface area (Å²) in [5.74, 6) is -1.84. The number of para-hydroxylation sites is 2. The summed E-state index contributed by atoms with van der Waals surface area (Å²) in [6.07, 6.45) is -0.129. The molecular weight excluding hydrogens is 351 g/mol. The van der Waals surface area contributed by atoms with Crippen LogP contribution >= 0.6 is 0 Å². The standard InChI is InChI=1S/C20H19FN2O4/c1-13-10-18(24)22-16-8-4-5-9-17(16)23(13)19(25)12-27-20(26)11-14-6-2-3-7-15(14)21/h2-9,13H,10-12H2,1H3,(H,22,24)/t13-/m0/s1. The van der Waals surface area contributed by atoms with Crippen LogP contribution in [0.2, 0.25) is 0 Å². The van der Waals surface area contributed by atoms with E-state index >= 15 is 0 Å². The highest BCUT2D eigenvalue weighted by Gasteiger charge is 2.30. The number of nitrogens with one attached hydrogen (secondary N) is 1. The quantitative estimate of drug-likeness (QED) is 0.840. The summed E-state index contributed by atoms with van der Waals surface area (Å²) < 4.78 is 18.7. The Morgan fingerprint density at radius 3 is 2.67 bits per heavy atom. The first-order valence-electron chi connectivity index (χ1n) is 8.55. The van der Waals surface area contributed by atoms with E-state index in [1.807, 2.05) is 0 Å². The minimum absolute atomic E-state index is 0.129. The van der Waals surface area contributed by atoms with Crippen molar-refractivity contribution in [2.24, 2.45) is 0 Å². The van der Waals surface area contributed by atoms with Crippen LogP contribution in [0.5, 0.6) is 0 Å². The summed E-state index contributed by atoms with van der Waals surface area (Å²) in [6.45, 7) is 1.26. The van der Waals surface area contributed by atoms with Crippen molar-refractivity contribution in [1.82, 2.24) is 0 Å². The number of hydrogen-bond donors (Lipinski definition) is 1. The second-order valence-electron chi connectivity index (χ2n) is 6.31. The lowest BCUT2D eigenvalue weighted by Crippen LogP contribution is -2.41. The molecule has 2 amide bonds. The second-order valence-corrected chi connectivity index (χ2v) is 6.31. The molecule has 0 saturated carbocycles. The number of amides is 2. The highest BCUT2D eigenvalue weighted by atomic mass is 19.1. The molecule has 1 atom stereocenters. The number of benzene rings is 2. The number of fused-ring (bicyclic) bond motifs is 1. The third-order valence-electron chi connectivity index (χ3n) is 4.28. The van der Waals surface area contributed by atoms with Crippen molar-refractivity contribution in [3.63, 3.8) is 0 Å². The number of rotatable bonds is 4. The number of halogens is 1. The highest BCUT2D eigenvalue weighted by Crippen LogP contribution is 2.31. The number of carbonyl (C=O) groups is 3. The molecule has 3 rings (SSSR count). The van der Waals surface area contributed by atoms with Gasteiger partial charge in [-0.05, 0) is 30.7 Å². The Hall–Kier alpha value is -3.22. The molecule has 6 nitrogen and oxygen atoms in total. The Balaban J connectivity index is 1.69. The highest BCUT2D eigenvalue weighted by molar-refractivity contribution is 6.05. The average molecular weight is 370 g/mol. The molecule has 27 heavy (non-hydrogen) atoms. The van der Waals surface area contributed by atoms with Gasteiger partial charge >= 0.3 is 5.97 Å². The van der Waals surface area contributed by atoms with Crippen LogP contribution in [0.25, 0.3) is 0 Å². The Kier molecular flexibility index (Phi) is 5.49. The van der Waals surface area contributed by atoms with E-state index in [0.717, 1.165) is 0 Å². The topological polar surface area (TPSA) is 75.7 Å². The third-order valence-corrected chi connectivity index (χ3v) is 4.28. The van der Waals surface area contributed by atoms with Crippen molar-refractivity contribution in [2.75, 3.05) is 16.8 Å². The fourth-order valence-electron chi connectivity index (χ4n) is 3.03. The first-order chi connectivity index (χ1) is 13.0. The lowest BCUT2D eigenvalue weighted by molar-refractivity contribution is -0.147. The Morgan fingerprint density at radius 1 is 1.19 bits per heavy atom. The van der Waals surface area contributed by atoms with E-state index in [2.05, 4.69) is 5.32 Å². The van der Waals surface area contributed by atoms with Gasteiger partial charge in [0.15, 0.2) is 6.61 Å².